The van der Waals surface area contributed by atoms with Gasteiger partial charge in [0, 0.05) is 12.1 Å². The predicted octanol–water partition coefficient (Wildman–Crippen LogP) is 3.53. The third-order valence-electron chi connectivity index (χ3n) is 2.78. The summed E-state index contributed by atoms with van der Waals surface area (Å²) in [6.45, 7) is 5.77. The Labute approximate surface area is 103 Å². The first kappa shape index (κ1) is 13.6. The monoisotopic (exact) mass is 235 g/mol. The van der Waals surface area contributed by atoms with Crippen LogP contribution in [0, 0.1) is 13.8 Å². The van der Waals surface area contributed by atoms with Crippen molar-refractivity contribution in [1.82, 2.24) is 0 Å². The highest BCUT2D eigenvalue weighted by Crippen LogP contribution is 2.25. The number of phenolic OH excluding ortho intramolecular Hbond substituents is 1. The van der Waals surface area contributed by atoms with Crippen LogP contribution in [0.3, 0.4) is 0 Å². The number of phenols is 1. The van der Waals surface area contributed by atoms with Crippen molar-refractivity contribution in [2.45, 2.75) is 46.5 Å². The van der Waals surface area contributed by atoms with Crippen molar-refractivity contribution in [3.05, 3.63) is 23.3 Å². The van der Waals surface area contributed by atoms with Crippen LogP contribution < -0.4 is 5.32 Å². The van der Waals surface area contributed by atoms with E-state index in [0.717, 1.165) is 36.1 Å². The molecule has 94 valence electrons. The molecule has 0 aliphatic carbocycles. The van der Waals surface area contributed by atoms with E-state index in [-0.39, 0.29) is 5.91 Å². The predicted molar refractivity (Wildman–Crippen MR) is 70.4 cm³/mol. The van der Waals surface area contributed by atoms with Gasteiger partial charge in [-0.25, -0.2) is 0 Å². The second-order valence-corrected chi connectivity index (χ2v) is 4.46. The van der Waals surface area contributed by atoms with Crippen molar-refractivity contribution < 1.29 is 9.90 Å². The number of nitrogens with one attached hydrogen (secondary N) is 1. The quantitative estimate of drug-likeness (QED) is 0.606. The Bertz CT molecular complexity index is 376. The Balaban J connectivity index is 2.60. The van der Waals surface area contributed by atoms with Gasteiger partial charge < -0.3 is 10.4 Å². The summed E-state index contributed by atoms with van der Waals surface area (Å²) in [5.74, 6) is 0.344. The lowest BCUT2D eigenvalue weighted by molar-refractivity contribution is -0.116. The number of hydrogen-bond acceptors (Lipinski definition) is 2. The van der Waals surface area contributed by atoms with Crippen molar-refractivity contribution in [1.29, 1.82) is 0 Å². The zero-order valence-electron chi connectivity index (χ0n) is 10.8. The molecule has 0 bridgehead atoms. The molecule has 0 aliphatic rings. The molecule has 17 heavy (non-hydrogen) atoms. The Hall–Kier alpha value is -1.51. The molecular weight excluding hydrogens is 214 g/mol. The smallest absolute Gasteiger partial charge is 0.224 e. The molecule has 0 atom stereocenters. The second-order valence-electron chi connectivity index (χ2n) is 4.46. The number of aryl methyl sites for hydroxylation is 2. The summed E-state index contributed by atoms with van der Waals surface area (Å²) in [7, 11) is 0. The lowest BCUT2D eigenvalue weighted by Gasteiger charge is -2.09. The molecule has 1 aromatic carbocycles. The standard InChI is InChI=1S/C14H21NO2/c1-4-5-6-7-13(16)15-12-8-10(2)14(17)11(3)9-12/h8-9,17H,4-7H2,1-3H3,(H,15,16). The summed E-state index contributed by atoms with van der Waals surface area (Å²) in [6, 6.07) is 3.58. The van der Waals surface area contributed by atoms with E-state index in [1.165, 1.54) is 0 Å². The van der Waals surface area contributed by atoms with Gasteiger partial charge in [-0.3, -0.25) is 4.79 Å². The van der Waals surface area contributed by atoms with Crippen LogP contribution in [0.25, 0.3) is 0 Å². The molecular formula is C14H21NO2. The summed E-state index contributed by atoms with van der Waals surface area (Å²) in [5, 5.41) is 12.5. The first-order chi connectivity index (χ1) is 8.04. The molecule has 3 nitrogen and oxygen atoms in total. The minimum Gasteiger partial charge on any atom is -0.507 e. The third-order valence-corrected chi connectivity index (χ3v) is 2.78. The maximum absolute atomic E-state index is 11.6. The molecule has 0 spiro atoms. The SMILES string of the molecule is CCCCCC(=O)Nc1cc(C)c(O)c(C)c1. The van der Waals surface area contributed by atoms with E-state index in [1.54, 1.807) is 12.1 Å². The summed E-state index contributed by atoms with van der Waals surface area (Å²) >= 11 is 0. The van der Waals surface area contributed by atoms with Crippen LogP contribution in [-0.2, 0) is 4.79 Å². The number of anilines is 1. The maximum atomic E-state index is 11.6. The first-order valence-corrected chi connectivity index (χ1v) is 6.14. The highest BCUT2D eigenvalue weighted by molar-refractivity contribution is 5.91. The summed E-state index contributed by atoms with van der Waals surface area (Å²) < 4.78 is 0. The highest BCUT2D eigenvalue weighted by atomic mass is 16.3. The maximum Gasteiger partial charge on any atom is 0.224 e. The van der Waals surface area contributed by atoms with Crippen molar-refractivity contribution in [3.63, 3.8) is 0 Å². The number of rotatable bonds is 5. The lowest BCUT2D eigenvalue weighted by atomic mass is 10.1. The number of unbranched alkanes of at least 4 members (excludes halogenated alkanes) is 2. The molecule has 1 rings (SSSR count). The molecule has 2 N–H and O–H groups in total. The van der Waals surface area contributed by atoms with Crippen LogP contribution in [0.4, 0.5) is 5.69 Å². The van der Waals surface area contributed by atoms with E-state index in [0.29, 0.717) is 12.2 Å². The summed E-state index contributed by atoms with van der Waals surface area (Å²) in [5.41, 5.74) is 2.34. The zero-order valence-corrected chi connectivity index (χ0v) is 10.8. The van der Waals surface area contributed by atoms with Gasteiger partial charge in [-0.2, -0.15) is 0 Å². The Morgan fingerprint density at radius 2 is 1.82 bits per heavy atom. The van der Waals surface area contributed by atoms with Crippen molar-refractivity contribution in [2.75, 3.05) is 5.32 Å². The number of amides is 1. The van der Waals surface area contributed by atoms with Crippen LogP contribution in [0.2, 0.25) is 0 Å². The van der Waals surface area contributed by atoms with E-state index < -0.39 is 0 Å². The average Bonchev–Trinajstić information content (AvgIpc) is 2.26. The van der Waals surface area contributed by atoms with Gasteiger partial charge in [0.2, 0.25) is 5.91 Å². The summed E-state index contributed by atoms with van der Waals surface area (Å²) in [6.07, 6.45) is 3.69. The molecule has 0 saturated heterocycles. The largest absolute Gasteiger partial charge is 0.507 e. The van der Waals surface area contributed by atoms with Gasteiger partial charge in [0.1, 0.15) is 5.75 Å². The number of benzene rings is 1. The number of hydrogen-bond donors (Lipinski definition) is 2. The molecule has 1 aromatic rings. The van der Waals surface area contributed by atoms with Gasteiger partial charge in [-0.1, -0.05) is 19.8 Å². The van der Waals surface area contributed by atoms with E-state index >= 15 is 0 Å². The van der Waals surface area contributed by atoms with E-state index in [9.17, 15) is 9.90 Å². The molecule has 0 heterocycles. The molecule has 0 radical (unpaired) electrons. The summed E-state index contributed by atoms with van der Waals surface area (Å²) in [4.78, 5) is 11.6. The van der Waals surface area contributed by atoms with Crippen molar-refractivity contribution in [3.8, 4) is 5.75 Å². The molecule has 0 unspecified atom stereocenters. The topological polar surface area (TPSA) is 49.3 Å². The van der Waals surface area contributed by atoms with Crippen LogP contribution in [0.5, 0.6) is 5.75 Å². The fourth-order valence-electron chi connectivity index (χ4n) is 1.79. The normalized spacial score (nSPS) is 10.3. The van der Waals surface area contributed by atoms with Crippen LogP contribution in [-0.4, -0.2) is 11.0 Å². The van der Waals surface area contributed by atoms with Crippen molar-refractivity contribution >= 4 is 11.6 Å². The minimum absolute atomic E-state index is 0.0444. The van der Waals surface area contributed by atoms with Gasteiger partial charge in [0.15, 0.2) is 0 Å². The van der Waals surface area contributed by atoms with E-state index in [4.69, 9.17) is 0 Å². The molecule has 0 aromatic heterocycles. The van der Waals surface area contributed by atoms with Gasteiger partial charge in [-0.05, 0) is 43.5 Å². The molecule has 0 fully saturated rings. The van der Waals surface area contributed by atoms with Gasteiger partial charge >= 0.3 is 0 Å². The fourth-order valence-corrected chi connectivity index (χ4v) is 1.79. The van der Waals surface area contributed by atoms with Gasteiger partial charge in [0.25, 0.3) is 0 Å². The Morgan fingerprint density at radius 3 is 2.35 bits per heavy atom. The lowest BCUT2D eigenvalue weighted by Crippen LogP contribution is -2.11. The van der Waals surface area contributed by atoms with Crippen molar-refractivity contribution in [2.24, 2.45) is 0 Å². The molecule has 0 saturated carbocycles. The van der Waals surface area contributed by atoms with E-state index in [2.05, 4.69) is 12.2 Å². The third kappa shape index (κ3) is 4.10. The molecule has 1 amide bonds. The van der Waals surface area contributed by atoms with Crippen LogP contribution in [0.15, 0.2) is 12.1 Å². The first-order valence-electron chi connectivity index (χ1n) is 6.14. The second kappa shape index (κ2) is 6.28. The Morgan fingerprint density at radius 1 is 1.24 bits per heavy atom. The van der Waals surface area contributed by atoms with Gasteiger partial charge in [-0.15, -0.1) is 0 Å². The number of carbonyl (C=O) groups excluding carboxylic acids is 1. The number of aromatic hydroxyl groups is 1. The van der Waals surface area contributed by atoms with Gasteiger partial charge in [0.05, 0.1) is 0 Å². The molecule has 0 aliphatic heterocycles. The zero-order chi connectivity index (χ0) is 12.8. The van der Waals surface area contributed by atoms with Crippen LogP contribution >= 0.6 is 0 Å². The Kier molecular flexibility index (Phi) is 5.01. The molecule has 3 heteroatoms. The average molecular weight is 235 g/mol. The van der Waals surface area contributed by atoms with Crippen LogP contribution in [0.1, 0.15) is 43.7 Å². The fraction of sp³-hybridized carbons (Fsp3) is 0.500. The minimum atomic E-state index is 0.0444. The number of carbonyl (C=O) groups is 1. The highest BCUT2D eigenvalue weighted by Gasteiger charge is 2.06. The van der Waals surface area contributed by atoms with E-state index in [1.807, 2.05) is 13.8 Å².